The summed E-state index contributed by atoms with van der Waals surface area (Å²) in [6, 6.07) is 13.4. The molecule has 148 valence electrons. The molecule has 0 fully saturated rings. The van der Waals surface area contributed by atoms with Crippen LogP contribution in [0.2, 0.25) is 0 Å². The largest absolute Gasteiger partial charge is 0.478 e. The summed E-state index contributed by atoms with van der Waals surface area (Å²) in [6.45, 7) is 0. The fourth-order valence-corrected chi connectivity index (χ4v) is 3.01. The summed E-state index contributed by atoms with van der Waals surface area (Å²) in [5, 5.41) is 17.9. The van der Waals surface area contributed by atoms with Crippen LogP contribution in [0.4, 0.5) is 10.3 Å². The van der Waals surface area contributed by atoms with Crippen molar-refractivity contribution in [2.75, 3.05) is 0 Å². The summed E-state index contributed by atoms with van der Waals surface area (Å²) in [4.78, 5) is 26.6. The number of aliphatic imine (C=N–C) groups is 1. The molecule has 0 amide bonds. The molecule has 2 heterocycles. The second kappa shape index (κ2) is 8.04. The van der Waals surface area contributed by atoms with Gasteiger partial charge in [0.2, 0.25) is 5.95 Å². The zero-order chi connectivity index (χ0) is 21.1. The first-order chi connectivity index (χ1) is 14.5. The van der Waals surface area contributed by atoms with E-state index in [2.05, 4.69) is 26.0 Å². The number of aromatic nitrogens is 3. The molecule has 4 rings (SSSR count). The van der Waals surface area contributed by atoms with Crippen molar-refractivity contribution in [1.29, 1.82) is 5.41 Å². The minimum atomic E-state index is -1.36. The van der Waals surface area contributed by atoms with E-state index in [-0.39, 0.29) is 11.3 Å². The second-order valence-corrected chi connectivity index (χ2v) is 6.61. The number of benzene rings is 2. The van der Waals surface area contributed by atoms with Gasteiger partial charge in [-0.05, 0) is 35.9 Å². The summed E-state index contributed by atoms with van der Waals surface area (Å²) in [6.07, 6.45) is 5.30. The summed E-state index contributed by atoms with van der Waals surface area (Å²) >= 11 is 0. The first kappa shape index (κ1) is 19.1. The minimum absolute atomic E-state index is 0.0641. The number of fused-ring (bicyclic) bond motifs is 1. The Balaban J connectivity index is 1.45. The average molecular weight is 401 g/mol. The van der Waals surface area contributed by atoms with Crippen LogP contribution in [0.25, 0.3) is 10.9 Å². The van der Waals surface area contributed by atoms with Gasteiger partial charge in [-0.15, -0.1) is 0 Å². The molecule has 2 aromatic heterocycles. The lowest BCUT2D eigenvalue weighted by atomic mass is 10.1. The normalized spacial score (nSPS) is 11.2. The van der Waals surface area contributed by atoms with Gasteiger partial charge in [0.15, 0.2) is 0 Å². The highest BCUT2D eigenvalue weighted by Gasteiger charge is 2.11. The highest BCUT2D eigenvalue weighted by molar-refractivity contribution is 6.37. The SMILES string of the molecule is N=C(/C=N\c1ncc(Cc2ccc3ncccc3c2)[nH]1)c1ccc(C(=O)O)c(F)c1. The number of H-pyrrole nitrogens is 1. The van der Waals surface area contributed by atoms with Crippen LogP contribution in [0, 0.1) is 11.2 Å². The van der Waals surface area contributed by atoms with Crippen LogP contribution in [-0.4, -0.2) is 38.0 Å². The van der Waals surface area contributed by atoms with Crippen molar-refractivity contribution in [3.8, 4) is 0 Å². The van der Waals surface area contributed by atoms with Crippen molar-refractivity contribution in [2.45, 2.75) is 6.42 Å². The number of nitrogens with one attached hydrogen (secondary N) is 2. The van der Waals surface area contributed by atoms with E-state index in [9.17, 15) is 9.18 Å². The molecule has 7 nitrogen and oxygen atoms in total. The van der Waals surface area contributed by atoms with Crippen molar-refractivity contribution >= 4 is 34.7 Å². The standard InChI is InChI=1S/C22H16FN5O2/c23-18-10-14(4-5-17(18)21(29)30)19(24)12-27-22-26-11-16(28-22)9-13-3-6-20-15(8-13)2-1-7-25-20/h1-8,10-12,24H,9H2,(H,26,28)(H,29,30)/b24-19?,27-12-. The van der Waals surface area contributed by atoms with Gasteiger partial charge in [0.05, 0.1) is 29.2 Å². The van der Waals surface area contributed by atoms with Crippen molar-refractivity contribution in [3.05, 3.63) is 89.1 Å². The number of carboxylic acid groups (broad SMARTS) is 1. The number of hydrogen-bond acceptors (Lipinski definition) is 5. The van der Waals surface area contributed by atoms with Gasteiger partial charge in [-0.2, -0.15) is 0 Å². The Morgan fingerprint density at radius 1 is 1.20 bits per heavy atom. The molecule has 3 N–H and O–H groups in total. The molecular weight excluding hydrogens is 385 g/mol. The van der Waals surface area contributed by atoms with E-state index in [1.807, 2.05) is 24.3 Å². The van der Waals surface area contributed by atoms with E-state index in [0.29, 0.717) is 12.4 Å². The zero-order valence-electron chi connectivity index (χ0n) is 15.6. The van der Waals surface area contributed by atoms with Gasteiger partial charge < -0.3 is 10.1 Å². The van der Waals surface area contributed by atoms with Crippen molar-refractivity contribution in [2.24, 2.45) is 4.99 Å². The quantitative estimate of drug-likeness (QED) is 0.421. The van der Waals surface area contributed by atoms with Crippen molar-refractivity contribution in [1.82, 2.24) is 15.0 Å². The fraction of sp³-hybridized carbons (Fsp3) is 0.0455. The number of nitrogens with zero attached hydrogens (tertiary/aromatic N) is 3. The Morgan fingerprint density at radius 2 is 2.07 bits per heavy atom. The Morgan fingerprint density at radius 3 is 2.87 bits per heavy atom. The van der Waals surface area contributed by atoms with Gasteiger partial charge in [-0.25, -0.2) is 19.2 Å². The van der Waals surface area contributed by atoms with Gasteiger partial charge in [-0.3, -0.25) is 10.4 Å². The maximum atomic E-state index is 13.8. The molecule has 0 saturated heterocycles. The number of carbonyl (C=O) groups is 1. The van der Waals surface area contributed by atoms with E-state index in [1.165, 1.54) is 12.3 Å². The van der Waals surface area contributed by atoms with Crippen LogP contribution < -0.4 is 0 Å². The second-order valence-electron chi connectivity index (χ2n) is 6.61. The number of imidazole rings is 1. The molecule has 0 aliphatic rings. The van der Waals surface area contributed by atoms with E-state index in [0.717, 1.165) is 34.3 Å². The number of halogens is 1. The van der Waals surface area contributed by atoms with Crippen molar-refractivity contribution in [3.63, 3.8) is 0 Å². The number of aromatic carboxylic acids is 1. The lowest BCUT2D eigenvalue weighted by Crippen LogP contribution is -2.05. The molecule has 0 saturated carbocycles. The molecule has 0 aliphatic heterocycles. The Labute approximate surface area is 170 Å². The van der Waals surface area contributed by atoms with Gasteiger partial charge in [0, 0.05) is 29.3 Å². The minimum Gasteiger partial charge on any atom is -0.478 e. The molecule has 0 unspecified atom stereocenters. The third kappa shape index (κ3) is 4.12. The van der Waals surface area contributed by atoms with Crippen LogP contribution >= 0.6 is 0 Å². The highest BCUT2D eigenvalue weighted by Crippen LogP contribution is 2.17. The van der Waals surface area contributed by atoms with Crippen LogP contribution in [0.3, 0.4) is 0 Å². The summed E-state index contributed by atoms with van der Waals surface area (Å²) in [7, 11) is 0. The van der Waals surface area contributed by atoms with Gasteiger partial charge >= 0.3 is 5.97 Å². The topological polar surface area (TPSA) is 115 Å². The fourth-order valence-electron chi connectivity index (χ4n) is 3.01. The van der Waals surface area contributed by atoms with Crippen LogP contribution in [0.15, 0.2) is 65.9 Å². The number of aromatic amines is 1. The van der Waals surface area contributed by atoms with E-state index in [1.54, 1.807) is 12.4 Å². The summed E-state index contributed by atoms with van der Waals surface area (Å²) in [5.74, 6) is -1.94. The van der Waals surface area contributed by atoms with Crippen molar-refractivity contribution < 1.29 is 14.3 Å². The van der Waals surface area contributed by atoms with Crippen LogP contribution in [0.5, 0.6) is 0 Å². The Kier molecular flexibility index (Phi) is 5.13. The van der Waals surface area contributed by atoms with Crippen LogP contribution in [0.1, 0.15) is 27.2 Å². The summed E-state index contributed by atoms with van der Waals surface area (Å²) in [5.41, 5.74) is 2.60. The summed E-state index contributed by atoms with van der Waals surface area (Å²) < 4.78 is 13.8. The molecule has 0 aliphatic carbocycles. The third-order valence-electron chi connectivity index (χ3n) is 4.50. The van der Waals surface area contributed by atoms with Gasteiger partial charge in [0.25, 0.3) is 0 Å². The molecule has 0 atom stereocenters. The van der Waals surface area contributed by atoms with E-state index >= 15 is 0 Å². The number of pyridine rings is 1. The smallest absolute Gasteiger partial charge is 0.338 e. The lowest BCUT2D eigenvalue weighted by molar-refractivity contribution is 0.0692. The number of hydrogen-bond donors (Lipinski definition) is 3. The molecule has 0 spiro atoms. The number of rotatable bonds is 6. The van der Waals surface area contributed by atoms with Crippen LogP contribution in [-0.2, 0) is 6.42 Å². The molecule has 4 aromatic rings. The average Bonchev–Trinajstić information content (AvgIpc) is 3.18. The first-order valence-electron chi connectivity index (χ1n) is 9.03. The lowest BCUT2D eigenvalue weighted by Gasteiger charge is -2.02. The molecule has 30 heavy (non-hydrogen) atoms. The van der Waals surface area contributed by atoms with Gasteiger partial charge in [-0.1, -0.05) is 18.2 Å². The molecule has 0 bridgehead atoms. The Hall–Kier alpha value is -4.20. The Bertz CT molecular complexity index is 1300. The van der Waals surface area contributed by atoms with Gasteiger partial charge in [0.1, 0.15) is 5.82 Å². The predicted molar refractivity (Wildman–Crippen MR) is 111 cm³/mol. The molecule has 0 radical (unpaired) electrons. The maximum Gasteiger partial charge on any atom is 0.338 e. The maximum absolute atomic E-state index is 13.8. The van der Waals surface area contributed by atoms with E-state index < -0.39 is 17.3 Å². The monoisotopic (exact) mass is 401 g/mol. The zero-order valence-corrected chi connectivity index (χ0v) is 15.6. The predicted octanol–water partition coefficient (Wildman–Crippen LogP) is 4.16. The third-order valence-corrected chi connectivity index (χ3v) is 4.50. The van der Waals surface area contributed by atoms with E-state index in [4.69, 9.17) is 10.5 Å². The molecule has 2 aromatic carbocycles. The molecule has 8 heteroatoms. The number of carboxylic acids is 1. The first-order valence-corrected chi connectivity index (χ1v) is 9.03. The highest BCUT2D eigenvalue weighted by atomic mass is 19.1. The molecular formula is C22H16FN5O2.